The van der Waals surface area contributed by atoms with Crippen LogP contribution in [-0.2, 0) is 11.2 Å². The van der Waals surface area contributed by atoms with Crippen LogP contribution in [0.25, 0.3) is 0 Å². The van der Waals surface area contributed by atoms with E-state index in [0.29, 0.717) is 11.3 Å². The van der Waals surface area contributed by atoms with Crippen molar-refractivity contribution < 1.29 is 39.5 Å². The maximum absolute atomic E-state index is 12.4. The standard InChI is InChI=1S/C20H23NO8/c1-28-18-5-3-11(8-15(18)23)2-4-14(22)19-16(24)9-12(10-17(19)25)29-7-6-13(21)20(26)27/h3,5,8-10,13,23-25H,2,4,6-7,21H2,1H3,(H,26,27). The molecule has 1 unspecified atom stereocenters. The summed E-state index contributed by atoms with van der Waals surface area (Å²) in [5, 5.41) is 38.7. The monoisotopic (exact) mass is 405 g/mol. The molecule has 9 nitrogen and oxygen atoms in total. The van der Waals surface area contributed by atoms with E-state index in [1.54, 1.807) is 12.1 Å². The van der Waals surface area contributed by atoms with Gasteiger partial charge in [0.15, 0.2) is 17.3 Å². The molecule has 0 amide bonds. The molecule has 0 saturated heterocycles. The van der Waals surface area contributed by atoms with Gasteiger partial charge in [0.1, 0.15) is 28.9 Å². The van der Waals surface area contributed by atoms with Gasteiger partial charge < -0.3 is 35.6 Å². The zero-order chi connectivity index (χ0) is 21.6. The number of aromatic hydroxyl groups is 3. The number of nitrogens with two attached hydrogens (primary N) is 1. The molecular formula is C20H23NO8. The molecule has 0 heterocycles. The summed E-state index contributed by atoms with van der Waals surface area (Å²) in [6, 6.07) is 5.99. The van der Waals surface area contributed by atoms with Gasteiger partial charge >= 0.3 is 5.97 Å². The second-order valence-corrected chi connectivity index (χ2v) is 6.35. The zero-order valence-corrected chi connectivity index (χ0v) is 15.8. The molecule has 0 bridgehead atoms. The average Bonchev–Trinajstić information content (AvgIpc) is 2.65. The smallest absolute Gasteiger partial charge is 0.320 e. The van der Waals surface area contributed by atoms with Gasteiger partial charge in [-0.05, 0) is 24.1 Å². The van der Waals surface area contributed by atoms with E-state index in [-0.39, 0.29) is 42.9 Å². The number of Topliss-reactive ketones (excluding diaryl/α,β-unsaturated/α-hetero) is 1. The Morgan fingerprint density at radius 2 is 1.72 bits per heavy atom. The fourth-order valence-corrected chi connectivity index (χ4v) is 2.66. The normalized spacial score (nSPS) is 11.7. The number of rotatable bonds is 10. The van der Waals surface area contributed by atoms with E-state index >= 15 is 0 Å². The van der Waals surface area contributed by atoms with Gasteiger partial charge in [-0.1, -0.05) is 6.07 Å². The van der Waals surface area contributed by atoms with Gasteiger partial charge in [-0.15, -0.1) is 0 Å². The van der Waals surface area contributed by atoms with E-state index < -0.39 is 29.3 Å². The quantitative estimate of drug-likeness (QED) is 0.371. The molecular weight excluding hydrogens is 382 g/mol. The van der Waals surface area contributed by atoms with E-state index in [1.807, 2.05) is 0 Å². The number of methoxy groups -OCH3 is 1. The van der Waals surface area contributed by atoms with Gasteiger partial charge in [0, 0.05) is 25.0 Å². The highest BCUT2D eigenvalue weighted by Gasteiger charge is 2.19. The van der Waals surface area contributed by atoms with Gasteiger partial charge in [0.05, 0.1) is 13.7 Å². The number of phenolic OH excluding ortho intramolecular Hbond substituents is 3. The Labute approximate surface area is 166 Å². The number of ether oxygens (including phenoxy) is 2. The first-order valence-electron chi connectivity index (χ1n) is 8.79. The predicted octanol–water partition coefficient (Wildman–Crippen LogP) is 1.81. The van der Waals surface area contributed by atoms with Crippen molar-refractivity contribution >= 4 is 11.8 Å². The van der Waals surface area contributed by atoms with Crippen LogP contribution in [0.4, 0.5) is 0 Å². The summed E-state index contributed by atoms with van der Waals surface area (Å²) >= 11 is 0. The van der Waals surface area contributed by atoms with Gasteiger partial charge in [-0.2, -0.15) is 0 Å². The SMILES string of the molecule is COc1ccc(CCC(=O)c2c(O)cc(OCCC(N)C(=O)O)cc2O)cc1O. The van der Waals surface area contributed by atoms with Crippen molar-refractivity contribution in [2.24, 2.45) is 5.73 Å². The fraction of sp³-hybridized carbons (Fsp3) is 0.300. The van der Waals surface area contributed by atoms with Crippen molar-refractivity contribution in [1.82, 2.24) is 0 Å². The lowest BCUT2D eigenvalue weighted by Gasteiger charge is -2.12. The second-order valence-electron chi connectivity index (χ2n) is 6.35. The van der Waals surface area contributed by atoms with Crippen molar-refractivity contribution in [3.05, 3.63) is 41.5 Å². The number of carbonyl (C=O) groups excluding carboxylic acids is 1. The van der Waals surface area contributed by atoms with E-state index in [0.717, 1.165) is 0 Å². The highest BCUT2D eigenvalue weighted by molar-refractivity contribution is 6.01. The van der Waals surface area contributed by atoms with Gasteiger partial charge in [0.25, 0.3) is 0 Å². The number of carbonyl (C=O) groups is 2. The van der Waals surface area contributed by atoms with Crippen LogP contribution < -0.4 is 15.2 Å². The van der Waals surface area contributed by atoms with Gasteiger partial charge in [0.2, 0.25) is 0 Å². The third kappa shape index (κ3) is 5.76. The predicted molar refractivity (Wildman–Crippen MR) is 103 cm³/mol. The summed E-state index contributed by atoms with van der Waals surface area (Å²) < 4.78 is 10.2. The lowest BCUT2D eigenvalue weighted by Crippen LogP contribution is -2.31. The Morgan fingerprint density at radius 1 is 1.07 bits per heavy atom. The van der Waals surface area contributed by atoms with E-state index in [9.17, 15) is 24.9 Å². The molecule has 9 heteroatoms. The number of benzene rings is 2. The minimum Gasteiger partial charge on any atom is -0.507 e. The van der Waals surface area contributed by atoms with Crippen LogP contribution in [0.3, 0.4) is 0 Å². The minimum atomic E-state index is -1.16. The number of phenols is 3. The zero-order valence-electron chi connectivity index (χ0n) is 15.8. The largest absolute Gasteiger partial charge is 0.507 e. The first kappa shape index (κ1) is 21.8. The molecule has 0 aliphatic rings. The average molecular weight is 405 g/mol. The van der Waals surface area contributed by atoms with E-state index in [1.165, 1.54) is 25.3 Å². The lowest BCUT2D eigenvalue weighted by molar-refractivity contribution is -0.138. The van der Waals surface area contributed by atoms with Crippen LogP contribution in [0.1, 0.15) is 28.8 Å². The highest BCUT2D eigenvalue weighted by Crippen LogP contribution is 2.34. The first-order valence-corrected chi connectivity index (χ1v) is 8.79. The molecule has 156 valence electrons. The van der Waals surface area contributed by atoms with Crippen molar-refractivity contribution in [3.63, 3.8) is 0 Å². The van der Waals surface area contributed by atoms with E-state index in [2.05, 4.69) is 0 Å². The molecule has 0 spiro atoms. The third-order valence-corrected chi connectivity index (χ3v) is 4.25. The summed E-state index contributed by atoms with van der Waals surface area (Å²) in [6.45, 7) is -0.0411. The number of aryl methyl sites for hydroxylation is 1. The molecule has 0 saturated carbocycles. The van der Waals surface area contributed by atoms with Crippen LogP contribution >= 0.6 is 0 Å². The molecule has 1 atom stereocenters. The summed E-state index contributed by atoms with van der Waals surface area (Å²) in [5.74, 6) is -2.22. The number of carboxylic acids is 1. The third-order valence-electron chi connectivity index (χ3n) is 4.25. The Bertz CT molecular complexity index is 873. The van der Waals surface area contributed by atoms with Crippen LogP contribution in [0, 0.1) is 0 Å². The van der Waals surface area contributed by atoms with Crippen molar-refractivity contribution in [1.29, 1.82) is 0 Å². The molecule has 0 fully saturated rings. The maximum atomic E-state index is 12.4. The molecule has 6 N–H and O–H groups in total. The Morgan fingerprint density at radius 3 is 2.28 bits per heavy atom. The number of hydrogen-bond donors (Lipinski definition) is 5. The van der Waals surface area contributed by atoms with Crippen LogP contribution in [0.5, 0.6) is 28.7 Å². The fourth-order valence-electron chi connectivity index (χ4n) is 2.66. The molecule has 0 aliphatic heterocycles. The van der Waals surface area contributed by atoms with Crippen LogP contribution in [-0.4, -0.2) is 51.9 Å². The Kier molecular flexibility index (Phi) is 7.27. The summed E-state index contributed by atoms with van der Waals surface area (Å²) in [6.07, 6.45) is 0.299. The summed E-state index contributed by atoms with van der Waals surface area (Å²) in [4.78, 5) is 23.1. The van der Waals surface area contributed by atoms with Crippen LogP contribution in [0.15, 0.2) is 30.3 Å². The number of hydrogen-bond acceptors (Lipinski definition) is 8. The van der Waals surface area contributed by atoms with Gasteiger partial charge in [-0.25, -0.2) is 0 Å². The Balaban J connectivity index is 2.01. The van der Waals surface area contributed by atoms with E-state index in [4.69, 9.17) is 20.3 Å². The highest BCUT2D eigenvalue weighted by atomic mass is 16.5. The Hall–Kier alpha value is -3.46. The molecule has 29 heavy (non-hydrogen) atoms. The number of carboxylic acid groups (broad SMARTS) is 1. The number of ketones is 1. The molecule has 0 aromatic heterocycles. The maximum Gasteiger partial charge on any atom is 0.320 e. The lowest BCUT2D eigenvalue weighted by atomic mass is 10.0. The minimum absolute atomic E-state index is 0.0133. The molecule has 0 aliphatic carbocycles. The second kappa shape index (κ2) is 9.65. The molecule has 2 rings (SSSR count). The summed E-state index contributed by atoms with van der Waals surface area (Å²) in [7, 11) is 1.43. The topological polar surface area (TPSA) is 160 Å². The van der Waals surface area contributed by atoms with Crippen molar-refractivity contribution in [3.8, 4) is 28.7 Å². The van der Waals surface area contributed by atoms with Gasteiger partial charge in [-0.3, -0.25) is 9.59 Å². The van der Waals surface area contributed by atoms with Crippen LogP contribution in [0.2, 0.25) is 0 Å². The molecule has 2 aromatic rings. The number of aliphatic carboxylic acids is 1. The molecule has 0 radical (unpaired) electrons. The first-order chi connectivity index (χ1) is 13.7. The van der Waals surface area contributed by atoms with Crippen molar-refractivity contribution in [2.75, 3.05) is 13.7 Å². The summed E-state index contributed by atoms with van der Waals surface area (Å²) in [5.41, 5.74) is 5.81. The van der Waals surface area contributed by atoms with Crippen molar-refractivity contribution in [2.45, 2.75) is 25.3 Å². The molecule has 2 aromatic carbocycles.